The SMILES string of the molecule is Cc1cc(Cl)c(NC2CCC23CCCCC3)cc1Cl. The topological polar surface area (TPSA) is 12.0 Å². The van der Waals surface area contributed by atoms with Crippen LogP contribution in [-0.2, 0) is 0 Å². The molecule has 2 fully saturated rings. The quantitative estimate of drug-likeness (QED) is 0.724. The van der Waals surface area contributed by atoms with Crippen molar-refractivity contribution in [3.05, 3.63) is 27.7 Å². The Morgan fingerprint density at radius 1 is 1.05 bits per heavy atom. The van der Waals surface area contributed by atoms with E-state index < -0.39 is 0 Å². The summed E-state index contributed by atoms with van der Waals surface area (Å²) in [6.45, 7) is 1.99. The van der Waals surface area contributed by atoms with Crippen molar-refractivity contribution in [1.82, 2.24) is 0 Å². The maximum Gasteiger partial charge on any atom is 0.0641 e. The Morgan fingerprint density at radius 3 is 2.42 bits per heavy atom. The molecule has 0 aromatic heterocycles. The van der Waals surface area contributed by atoms with Gasteiger partial charge in [-0.15, -0.1) is 0 Å². The predicted octanol–water partition coefficient (Wildman–Crippen LogP) is 5.83. The Bertz CT molecular complexity index is 478. The average Bonchev–Trinajstić information content (AvgIpc) is 2.41. The number of aryl methyl sites for hydroxylation is 1. The molecule has 104 valence electrons. The second kappa shape index (κ2) is 5.18. The van der Waals surface area contributed by atoms with Gasteiger partial charge in [-0.2, -0.15) is 0 Å². The molecule has 0 aliphatic heterocycles. The zero-order valence-electron chi connectivity index (χ0n) is 11.4. The van der Waals surface area contributed by atoms with Crippen LogP contribution in [0.25, 0.3) is 0 Å². The summed E-state index contributed by atoms with van der Waals surface area (Å²) in [7, 11) is 0. The van der Waals surface area contributed by atoms with Crippen LogP contribution in [-0.4, -0.2) is 6.04 Å². The second-order valence-corrected chi connectivity index (χ2v) is 7.05. The molecule has 1 N–H and O–H groups in total. The van der Waals surface area contributed by atoms with Crippen molar-refractivity contribution in [2.75, 3.05) is 5.32 Å². The first-order valence-corrected chi connectivity index (χ1v) is 8.08. The van der Waals surface area contributed by atoms with Gasteiger partial charge in [0.1, 0.15) is 0 Å². The highest BCUT2D eigenvalue weighted by molar-refractivity contribution is 6.35. The first-order valence-electron chi connectivity index (χ1n) is 7.33. The molecule has 1 nitrogen and oxygen atoms in total. The lowest BCUT2D eigenvalue weighted by molar-refractivity contribution is 0.0571. The molecule has 0 bridgehead atoms. The van der Waals surface area contributed by atoms with Crippen molar-refractivity contribution in [2.45, 2.75) is 57.9 Å². The van der Waals surface area contributed by atoms with Crippen molar-refractivity contribution in [1.29, 1.82) is 0 Å². The standard InChI is InChI=1S/C16H21Cl2N/c1-11-9-13(18)14(10-12(11)17)19-15-5-8-16(15)6-3-2-4-7-16/h9-10,15,19H,2-8H2,1H3. The normalized spacial score (nSPS) is 25.1. The highest BCUT2D eigenvalue weighted by Crippen LogP contribution is 2.53. The van der Waals surface area contributed by atoms with Gasteiger partial charge in [0.15, 0.2) is 0 Å². The number of hydrogen-bond acceptors (Lipinski definition) is 1. The molecular weight excluding hydrogens is 277 g/mol. The van der Waals surface area contributed by atoms with Crippen molar-refractivity contribution >= 4 is 28.9 Å². The number of rotatable bonds is 2. The van der Waals surface area contributed by atoms with E-state index in [1.807, 2.05) is 19.1 Å². The fourth-order valence-corrected chi connectivity index (χ4v) is 4.16. The molecule has 0 heterocycles. The lowest BCUT2D eigenvalue weighted by atomic mass is 9.57. The van der Waals surface area contributed by atoms with Crippen LogP contribution < -0.4 is 5.32 Å². The Hall–Kier alpha value is -0.400. The Labute approximate surface area is 125 Å². The monoisotopic (exact) mass is 297 g/mol. The van der Waals surface area contributed by atoms with E-state index in [2.05, 4.69) is 5.32 Å². The smallest absolute Gasteiger partial charge is 0.0641 e. The molecule has 0 saturated heterocycles. The minimum atomic E-state index is 0.541. The van der Waals surface area contributed by atoms with Crippen LogP contribution in [0.15, 0.2) is 12.1 Å². The van der Waals surface area contributed by atoms with Crippen LogP contribution in [0.2, 0.25) is 10.0 Å². The van der Waals surface area contributed by atoms with Gasteiger partial charge in [0, 0.05) is 11.1 Å². The fourth-order valence-electron chi connectivity index (χ4n) is 3.72. The van der Waals surface area contributed by atoms with Crippen molar-refractivity contribution < 1.29 is 0 Å². The minimum absolute atomic E-state index is 0.541. The zero-order chi connectivity index (χ0) is 13.5. The molecule has 1 atom stereocenters. The van der Waals surface area contributed by atoms with Crippen molar-refractivity contribution in [3.8, 4) is 0 Å². The molecule has 2 aliphatic carbocycles. The van der Waals surface area contributed by atoms with E-state index in [4.69, 9.17) is 23.2 Å². The summed E-state index contributed by atoms with van der Waals surface area (Å²) in [5.74, 6) is 0. The first-order chi connectivity index (χ1) is 9.11. The summed E-state index contributed by atoms with van der Waals surface area (Å²) in [5, 5.41) is 5.25. The van der Waals surface area contributed by atoms with Gasteiger partial charge in [-0.25, -0.2) is 0 Å². The minimum Gasteiger partial charge on any atom is -0.381 e. The Balaban J connectivity index is 1.76. The maximum atomic E-state index is 6.33. The first kappa shape index (κ1) is 13.6. The predicted molar refractivity (Wildman–Crippen MR) is 83.4 cm³/mol. The average molecular weight is 298 g/mol. The second-order valence-electron chi connectivity index (χ2n) is 6.24. The van der Waals surface area contributed by atoms with E-state index in [-0.39, 0.29) is 0 Å². The highest BCUT2D eigenvalue weighted by atomic mass is 35.5. The van der Waals surface area contributed by atoms with E-state index in [1.54, 1.807) is 0 Å². The number of hydrogen-bond donors (Lipinski definition) is 1. The summed E-state index contributed by atoms with van der Waals surface area (Å²) in [6, 6.07) is 4.52. The van der Waals surface area contributed by atoms with Gasteiger partial charge in [0.05, 0.1) is 10.7 Å². The van der Waals surface area contributed by atoms with Gasteiger partial charge in [-0.1, -0.05) is 42.5 Å². The largest absolute Gasteiger partial charge is 0.381 e. The fraction of sp³-hybridized carbons (Fsp3) is 0.625. The van der Waals surface area contributed by atoms with Gasteiger partial charge >= 0.3 is 0 Å². The van der Waals surface area contributed by atoms with Gasteiger partial charge < -0.3 is 5.32 Å². The molecule has 1 spiro atoms. The molecule has 3 heteroatoms. The van der Waals surface area contributed by atoms with E-state index in [0.717, 1.165) is 21.3 Å². The summed E-state index contributed by atoms with van der Waals surface area (Å²) < 4.78 is 0. The van der Waals surface area contributed by atoms with E-state index >= 15 is 0 Å². The number of benzene rings is 1. The summed E-state index contributed by atoms with van der Waals surface area (Å²) in [4.78, 5) is 0. The number of nitrogens with one attached hydrogen (secondary N) is 1. The Morgan fingerprint density at radius 2 is 1.79 bits per heavy atom. The molecular formula is C16H21Cl2N. The number of anilines is 1. The van der Waals surface area contributed by atoms with Gasteiger partial charge in [0.25, 0.3) is 0 Å². The Kier molecular flexibility index (Phi) is 3.70. The molecule has 3 rings (SSSR count). The maximum absolute atomic E-state index is 6.33. The van der Waals surface area contributed by atoms with Gasteiger partial charge in [-0.3, -0.25) is 0 Å². The number of halogens is 2. The van der Waals surface area contributed by atoms with Gasteiger partial charge in [-0.05, 0) is 55.7 Å². The lowest BCUT2D eigenvalue weighted by Crippen LogP contribution is -2.50. The van der Waals surface area contributed by atoms with E-state index in [0.29, 0.717) is 11.5 Å². The van der Waals surface area contributed by atoms with Gasteiger partial charge in [0.2, 0.25) is 0 Å². The molecule has 1 aromatic carbocycles. The van der Waals surface area contributed by atoms with Crippen LogP contribution in [0, 0.1) is 12.3 Å². The van der Waals surface area contributed by atoms with Crippen LogP contribution in [0.4, 0.5) is 5.69 Å². The molecule has 1 unspecified atom stereocenters. The van der Waals surface area contributed by atoms with Crippen LogP contribution in [0.3, 0.4) is 0 Å². The zero-order valence-corrected chi connectivity index (χ0v) is 12.9. The summed E-state index contributed by atoms with van der Waals surface area (Å²) >= 11 is 12.5. The molecule has 0 amide bonds. The third-order valence-corrected chi connectivity index (χ3v) is 5.82. The molecule has 19 heavy (non-hydrogen) atoms. The molecule has 1 aromatic rings. The lowest BCUT2D eigenvalue weighted by Gasteiger charge is -2.52. The molecule has 0 radical (unpaired) electrons. The molecule has 2 saturated carbocycles. The summed E-state index contributed by atoms with van der Waals surface area (Å²) in [6.07, 6.45) is 9.58. The van der Waals surface area contributed by atoms with Crippen molar-refractivity contribution in [3.63, 3.8) is 0 Å². The third-order valence-electron chi connectivity index (χ3n) is 5.10. The van der Waals surface area contributed by atoms with Crippen LogP contribution in [0.5, 0.6) is 0 Å². The summed E-state index contributed by atoms with van der Waals surface area (Å²) in [5.41, 5.74) is 2.59. The third kappa shape index (κ3) is 2.48. The van der Waals surface area contributed by atoms with E-state index in [9.17, 15) is 0 Å². The molecule has 2 aliphatic rings. The van der Waals surface area contributed by atoms with Crippen LogP contribution >= 0.6 is 23.2 Å². The van der Waals surface area contributed by atoms with Crippen LogP contribution in [0.1, 0.15) is 50.5 Å². The van der Waals surface area contributed by atoms with E-state index in [1.165, 1.54) is 44.9 Å². The highest BCUT2D eigenvalue weighted by Gasteiger charge is 2.46. The van der Waals surface area contributed by atoms with Crippen molar-refractivity contribution in [2.24, 2.45) is 5.41 Å².